The molecule has 2 amide bonds. The van der Waals surface area contributed by atoms with Crippen molar-refractivity contribution < 1.29 is 34.2 Å². The second-order valence-electron chi connectivity index (χ2n) is 6.10. The smallest absolute Gasteiger partial charge is 0.354 e. The van der Waals surface area contributed by atoms with Gasteiger partial charge in [0.15, 0.2) is 10.8 Å². The van der Waals surface area contributed by atoms with Gasteiger partial charge in [0, 0.05) is 11.1 Å². The van der Waals surface area contributed by atoms with Crippen LogP contribution in [0.1, 0.15) is 5.69 Å². The normalized spacial score (nSPS) is 21.1. The van der Waals surface area contributed by atoms with Crippen molar-refractivity contribution in [3.8, 4) is 0 Å². The predicted molar refractivity (Wildman–Crippen MR) is 114 cm³/mol. The van der Waals surface area contributed by atoms with Crippen molar-refractivity contribution in [2.75, 3.05) is 31.8 Å². The van der Waals surface area contributed by atoms with Crippen molar-refractivity contribution in [3.63, 3.8) is 0 Å². The Kier molecular flexibility index (Phi) is 8.64. The van der Waals surface area contributed by atoms with E-state index in [1.54, 1.807) is 0 Å². The molecule has 0 saturated carbocycles. The van der Waals surface area contributed by atoms with Crippen LogP contribution in [0.4, 0.5) is 5.13 Å². The molecule has 2 aliphatic heterocycles. The number of rotatable bonds is 8. The van der Waals surface area contributed by atoms with E-state index in [0.29, 0.717) is 5.75 Å². The Hall–Kier alpha value is -2.39. The fourth-order valence-electron chi connectivity index (χ4n) is 2.73. The third-order valence-corrected chi connectivity index (χ3v) is 5.98. The summed E-state index contributed by atoms with van der Waals surface area (Å²) in [5, 5.41) is 25.6. The zero-order valence-corrected chi connectivity index (χ0v) is 18.5. The minimum absolute atomic E-state index is 0. The Balaban J connectivity index is 0.00000341. The van der Waals surface area contributed by atoms with Crippen molar-refractivity contribution >= 4 is 64.1 Å². The minimum Gasteiger partial charge on any atom is -0.458 e. The molecule has 1 aromatic heterocycles. The van der Waals surface area contributed by atoms with Crippen LogP contribution in [0.3, 0.4) is 0 Å². The number of hydrogen-bond acceptors (Lipinski definition) is 12. The van der Waals surface area contributed by atoms with Crippen LogP contribution in [0.2, 0.25) is 0 Å². The van der Waals surface area contributed by atoms with Crippen LogP contribution < -0.4 is 11.1 Å². The first-order valence-corrected chi connectivity index (χ1v) is 10.5. The Labute approximate surface area is 190 Å². The van der Waals surface area contributed by atoms with Crippen molar-refractivity contribution in [1.29, 1.82) is 0 Å². The maximum Gasteiger partial charge on any atom is 0.354 e. The van der Waals surface area contributed by atoms with E-state index < -0.39 is 48.5 Å². The molecule has 0 aliphatic carbocycles. The average molecular weight is 494 g/mol. The molecule has 3 heterocycles. The molecule has 2 unspecified atom stereocenters. The number of oxime groups is 1. The highest BCUT2D eigenvalue weighted by Crippen LogP contribution is 2.37. The summed E-state index contributed by atoms with van der Waals surface area (Å²) in [7, 11) is 1.27. The summed E-state index contributed by atoms with van der Waals surface area (Å²) in [6.45, 7) is -0.960. The van der Waals surface area contributed by atoms with E-state index in [1.807, 2.05) is 0 Å². The first-order valence-electron chi connectivity index (χ1n) is 8.61. The van der Waals surface area contributed by atoms with Gasteiger partial charge in [-0.1, -0.05) is 5.16 Å². The molecule has 2 aliphatic rings. The number of thiazole rings is 1. The molecule has 31 heavy (non-hydrogen) atoms. The maximum absolute atomic E-state index is 12.7. The Bertz CT molecular complexity index is 909. The first kappa shape index (κ1) is 24.9. The van der Waals surface area contributed by atoms with Gasteiger partial charge in [0.2, 0.25) is 0 Å². The molecule has 3 rings (SSSR count). The zero-order chi connectivity index (χ0) is 21.8. The standard InChI is InChI=1S/C16H19N5O7S2.ClH/c1-27-20-10(8-6-30-16(17)18-8)12(24)19-11-13(25)21-9(2-3-29-14(11)21)15(26)28-5-7(23)4-22;/h2,6-7,11,14,22-23H,3-5H2,1H3,(H2,17,18)(H,19,24);1H/b20-10-;/t7?,11?,14-;/m1./s1. The number of nitrogens with zero attached hydrogens (tertiary/aromatic N) is 3. The van der Waals surface area contributed by atoms with Gasteiger partial charge in [0.25, 0.3) is 11.8 Å². The minimum atomic E-state index is -1.21. The molecular weight excluding hydrogens is 474 g/mol. The van der Waals surface area contributed by atoms with Crippen molar-refractivity contribution in [3.05, 3.63) is 22.8 Å². The van der Waals surface area contributed by atoms with E-state index in [0.717, 1.165) is 11.3 Å². The van der Waals surface area contributed by atoms with Crippen molar-refractivity contribution in [2.24, 2.45) is 5.16 Å². The summed E-state index contributed by atoms with van der Waals surface area (Å²) in [5.41, 5.74) is 5.70. The molecule has 0 bridgehead atoms. The number of carbonyl (C=O) groups is 3. The summed E-state index contributed by atoms with van der Waals surface area (Å²) in [6, 6.07) is -0.889. The van der Waals surface area contributed by atoms with Crippen LogP contribution in [0.5, 0.6) is 0 Å². The fourth-order valence-corrected chi connectivity index (χ4v) is 4.47. The third kappa shape index (κ3) is 5.27. The number of amides is 2. The number of carbonyl (C=O) groups excluding carboxylic acids is 3. The molecule has 1 fully saturated rings. The lowest BCUT2D eigenvalue weighted by Crippen LogP contribution is -2.70. The second-order valence-corrected chi connectivity index (χ2v) is 8.14. The Morgan fingerprint density at radius 1 is 1.52 bits per heavy atom. The predicted octanol–water partition coefficient (Wildman–Crippen LogP) is -1.32. The van der Waals surface area contributed by atoms with Crippen LogP contribution in [-0.4, -0.2) is 87.2 Å². The molecule has 1 saturated heterocycles. The zero-order valence-electron chi connectivity index (χ0n) is 16.1. The molecular formula is C16H20ClN5O7S2. The van der Waals surface area contributed by atoms with Gasteiger partial charge in [-0.25, -0.2) is 9.78 Å². The summed E-state index contributed by atoms with van der Waals surface area (Å²) < 4.78 is 4.92. The molecule has 3 atom stereocenters. The van der Waals surface area contributed by atoms with Gasteiger partial charge in [0.05, 0.1) is 6.61 Å². The first-order chi connectivity index (χ1) is 14.4. The van der Waals surface area contributed by atoms with E-state index in [2.05, 4.69) is 15.5 Å². The highest BCUT2D eigenvalue weighted by atomic mass is 35.5. The van der Waals surface area contributed by atoms with E-state index in [4.69, 9.17) is 20.4 Å². The Morgan fingerprint density at radius 2 is 2.26 bits per heavy atom. The van der Waals surface area contributed by atoms with Gasteiger partial charge in [-0.05, 0) is 6.08 Å². The molecule has 170 valence electrons. The van der Waals surface area contributed by atoms with Gasteiger partial charge in [-0.15, -0.1) is 35.5 Å². The maximum atomic E-state index is 12.7. The monoisotopic (exact) mass is 493 g/mol. The SMILES string of the molecule is CO/N=C(\C(=O)NC1C(=O)N2C(C(=O)OCC(O)CO)=CCS[C@H]12)c1csc(N)n1.Cl. The Morgan fingerprint density at radius 3 is 2.87 bits per heavy atom. The van der Waals surface area contributed by atoms with E-state index >= 15 is 0 Å². The number of β-lactam (4-membered cyclic amide) rings is 1. The molecule has 0 radical (unpaired) electrons. The molecule has 1 aromatic rings. The average Bonchev–Trinajstić information content (AvgIpc) is 3.18. The molecule has 0 aromatic carbocycles. The van der Waals surface area contributed by atoms with Gasteiger partial charge >= 0.3 is 5.97 Å². The summed E-state index contributed by atoms with van der Waals surface area (Å²) in [4.78, 5) is 47.4. The number of thioether (sulfide) groups is 1. The van der Waals surface area contributed by atoms with E-state index in [-0.39, 0.29) is 34.6 Å². The lowest BCUT2D eigenvalue weighted by molar-refractivity contribution is -0.154. The number of fused-ring (bicyclic) bond motifs is 1. The van der Waals surface area contributed by atoms with Crippen LogP contribution in [0.25, 0.3) is 0 Å². The van der Waals surface area contributed by atoms with Gasteiger partial charge in [0.1, 0.15) is 42.6 Å². The van der Waals surface area contributed by atoms with Crippen LogP contribution >= 0.6 is 35.5 Å². The number of esters is 1. The molecule has 0 spiro atoms. The van der Waals surface area contributed by atoms with E-state index in [9.17, 15) is 19.5 Å². The number of hydrogen-bond donors (Lipinski definition) is 4. The largest absolute Gasteiger partial charge is 0.458 e. The van der Waals surface area contributed by atoms with E-state index in [1.165, 1.54) is 35.2 Å². The molecule has 12 nitrogen and oxygen atoms in total. The quantitative estimate of drug-likeness (QED) is 0.147. The number of nitrogen functional groups attached to an aromatic ring is 1. The molecule has 5 N–H and O–H groups in total. The van der Waals surface area contributed by atoms with Crippen molar-refractivity contribution in [1.82, 2.24) is 15.2 Å². The van der Waals surface area contributed by atoms with Crippen LogP contribution in [0.15, 0.2) is 22.3 Å². The third-order valence-electron chi connectivity index (χ3n) is 4.12. The van der Waals surface area contributed by atoms with Crippen molar-refractivity contribution in [2.45, 2.75) is 17.5 Å². The van der Waals surface area contributed by atoms with Crippen LogP contribution in [-0.2, 0) is 24.0 Å². The summed E-state index contributed by atoms with van der Waals surface area (Å²) in [5.74, 6) is -1.56. The number of nitrogens with one attached hydrogen (secondary N) is 1. The summed E-state index contributed by atoms with van der Waals surface area (Å²) in [6.07, 6.45) is 0.321. The highest BCUT2D eigenvalue weighted by molar-refractivity contribution is 8.00. The van der Waals surface area contributed by atoms with Crippen LogP contribution in [0, 0.1) is 0 Å². The lowest BCUT2D eigenvalue weighted by Gasteiger charge is -2.48. The number of nitrogens with two attached hydrogens (primary N) is 1. The number of ether oxygens (including phenoxy) is 1. The lowest BCUT2D eigenvalue weighted by atomic mass is 10.0. The highest BCUT2D eigenvalue weighted by Gasteiger charge is 2.53. The summed E-state index contributed by atoms with van der Waals surface area (Å²) >= 11 is 2.48. The van der Waals surface area contributed by atoms with Gasteiger partial charge in [-0.2, -0.15) is 0 Å². The van der Waals surface area contributed by atoms with Gasteiger partial charge < -0.3 is 30.8 Å². The topological polar surface area (TPSA) is 177 Å². The fraction of sp³-hybridized carbons (Fsp3) is 0.438. The number of halogens is 1. The molecule has 15 heteroatoms. The number of aliphatic hydroxyl groups is 2. The second kappa shape index (κ2) is 10.8. The number of anilines is 1. The number of aromatic nitrogens is 1. The number of aliphatic hydroxyl groups excluding tert-OH is 2. The van der Waals surface area contributed by atoms with Gasteiger partial charge in [-0.3, -0.25) is 14.5 Å².